The Balaban J connectivity index is 1.41. The zero-order valence-corrected chi connectivity index (χ0v) is 14.6. The Kier molecular flexibility index (Phi) is 3.87. The largest absolute Gasteiger partial charge is 0.444 e. The first-order valence-electron chi connectivity index (χ1n) is 9.22. The second kappa shape index (κ2) is 6.37. The summed E-state index contributed by atoms with van der Waals surface area (Å²) in [6.07, 6.45) is 8.74. The van der Waals surface area contributed by atoms with Crippen molar-refractivity contribution in [1.29, 1.82) is 0 Å². The van der Waals surface area contributed by atoms with Crippen LogP contribution in [-0.2, 0) is 4.74 Å². The van der Waals surface area contributed by atoms with E-state index in [2.05, 4.69) is 19.9 Å². The molecule has 2 aliphatic rings. The minimum Gasteiger partial charge on any atom is -0.444 e. The molecule has 1 unspecified atom stereocenters. The molecular formula is C20H22N4O2. The normalized spacial score (nSPS) is 22.1. The maximum Gasteiger partial charge on any atom is 0.226 e. The molecule has 2 fully saturated rings. The predicted octanol–water partition coefficient (Wildman–Crippen LogP) is 3.29. The molecule has 6 nitrogen and oxygen atoms in total. The van der Waals surface area contributed by atoms with Crippen molar-refractivity contribution in [3.63, 3.8) is 0 Å². The van der Waals surface area contributed by atoms with Crippen molar-refractivity contribution in [1.82, 2.24) is 19.9 Å². The predicted molar refractivity (Wildman–Crippen MR) is 97.6 cm³/mol. The van der Waals surface area contributed by atoms with Crippen LogP contribution >= 0.6 is 0 Å². The highest BCUT2D eigenvalue weighted by Crippen LogP contribution is 2.40. The summed E-state index contributed by atoms with van der Waals surface area (Å²) in [5.74, 6) is 1.46. The molecule has 1 N–H and O–H groups in total. The van der Waals surface area contributed by atoms with Crippen LogP contribution in [0.1, 0.15) is 25.3 Å². The first kappa shape index (κ1) is 15.8. The Labute approximate surface area is 152 Å². The molecule has 1 atom stereocenters. The first-order valence-corrected chi connectivity index (χ1v) is 9.22. The molecule has 2 aliphatic heterocycles. The van der Waals surface area contributed by atoms with Crippen LogP contribution in [0.5, 0.6) is 0 Å². The molecule has 4 heterocycles. The molecular weight excluding hydrogens is 328 g/mol. The van der Waals surface area contributed by atoms with Gasteiger partial charge in [-0.2, -0.15) is 0 Å². The molecule has 2 saturated heterocycles. The molecule has 26 heavy (non-hydrogen) atoms. The lowest BCUT2D eigenvalue weighted by molar-refractivity contribution is -0.0195. The SMILES string of the molecule is c1ccc(-c2nc(-c3nccn3C3COC4(CCNCC4)C3)co2)cc1. The maximum absolute atomic E-state index is 6.25. The molecule has 0 aliphatic carbocycles. The summed E-state index contributed by atoms with van der Waals surface area (Å²) in [6, 6.07) is 10.2. The van der Waals surface area contributed by atoms with E-state index in [9.17, 15) is 0 Å². The third-order valence-corrected chi connectivity index (χ3v) is 5.52. The average molecular weight is 350 g/mol. The summed E-state index contributed by atoms with van der Waals surface area (Å²) in [5.41, 5.74) is 1.76. The van der Waals surface area contributed by atoms with Crippen LogP contribution in [0.15, 0.2) is 53.4 Å². The molecule has 1 aromatic carbocycles. The molecule has 2 aromatic heterocycles. The lowest BCUT2D eigenvalue weighted by atomic mass is 9.88. The highest BCUT2D eigenvalue weighted by Gasteiger charge is 2.42. The third-order valence-electron chi connectivity index (χ3n) is 5.52. The van der Waals surface area contributed by atoms with Crippen molar-refractivity contribution in [2.75, 3.05) is 19.7 Å². The Morgan fingerprint density at radius 3 is 2.85 bits per heavy atom. The van der Waals surface area contributed by atoms with E-state index in [1.165, 1.54) is 0 Å². The van der Waals surface area contributed by atoms with Gasteiger partial charge in [-0.05, 0) is 44.5 Å². The average Bonchev–Trinajstić information content (AvgIpc) is 3.42. The maximum atomic E-state index is 6.25. The van der Waals surface area contributed by atoms with Gasteiger partial charge in [0.05, 0.1) is 18.2 Å². The van der Waals surface area contributed by atoms with Crippen molar-refractivity contribution in [2.24, 2.45) is 0 Å². The van der Waals surface area contributed by atoms with Gasteiger partial charge in [-0.3, -0.25) is 0 Å². The van der Waals surface area contributed by atoms with E-state index in [1.54, 1.807) is 6.26 Å². The summed E-state index contributed by atoms with van der Waals surface area (Å²) in [4.78, 5) is 9.20. The first-order chi connectivity index (χ1) is 12.8. The van der Waals surface area contributed by atoms with Gasteiger partial charge in [0, 0.05) is 18.0 Å². The van der Waals surface area contributed by atoms with Gasteiger partial charge in [0.15, 0.2) is 5.82 Å². The van der Waals surface area contributed by atoms with Gasteiger partial charge in [-0.1, -0.05) is 18.2 Å². The number of hydrogen-bond acceptors (Lipinski definition) is 5. The van der Waals surface area contributed by atoms with Crippen molar-refractivity contribution in [2.45, 2.75) is 30.9 Å². The molecule has 0 amide bonds. The zero-order valence-electron chi connectivity index (χ0n) is 14.6. The number of oxazole rings is 1. The van der Waals surface area contributed by atoms with Crippen molar-refractivity contribution in [3.8, 4) is 23.0 Å². The second-order valence-electron chi connectivity index (χ2n) is 7.16. The molecule has 134 valence electrons. The van der Waals surface area contributed by atoms with E-state index in [4.69, 9.17) is 9.15 Å². The van der Waals surface area contributed by atoms with Gasteiger partial charge in [-0.25, -0.2) is 9.97 Å². The number of aromatic nitrogens is 3. The fourth-order valence-electron chi connectivity index (χ4n) is 4.13. The number of ether oxygens (including phenoxy) is 1. The number of nitrogens with one attached hydrogen (secondary N) is 1. The molecule has 6 heteroatoms. The molecule has 0 bridgehead atoms. The van der Waals surface area contributed by atoms with Gasteiger partial charge < -0.3 is 19.0 Å². The summed E-state index contributed by atoms with van der Waals surface area (Å²) in [6.45, 7) is 2.80. The number of piperidine rings is 1. The van der Waals surface area contributed by atoms with Gasteiger partial charge in [-0.15, -0.1) is 0 Å². The third kappa shape index (κ3) is 2.75. The van der Waals surface area contributed by atoms with Crippen LogP contribution < -0.4 is 5.32 Å². The zero-order chi connectivity index (χ0) is 17.4. The Bertz CT molecular complexity index is 880. The highest BCUT2D eigenvalue weighted by atomic mass is 16.5. The topological polar surface area (TPSA) is 65.1 Å². The van der Waals surface area contributed by atoms with Crippen LogP contribution in [0, 0.1) is 0 Å². The minimum absolute atomic E-state index is 0.0243. The van der Waals surface area contributed by atoms with Crippen LogP contribution in [-0.4, -0.2) is 39.8 Å². The van der Waals surface area contributed by atoms with Gasteiger partial charge >= 0.3 is 0 Å². The van der Waals surface area contributed by atoms with Crippen LogP contribution in [0.25, 0.3) is 23.0 Å². The van der Waals surface area contributed by atoms with E-state index in [0.29, 0.717) is 11.9 Å². The lowest BCUT2D eigenvalue weighted by Gasteiger charge is -2.32. The molecule has 1 spiro atoms. The Morgan fingerprint density at radius 2 is 2.00 bits per heavy atom. The van der Waals surface area contributed by atoms with Crippen LogP contribution in [0.4, 0.5) is 0 Å². The lowest BCUT2D eigenvalue weighted by Crippen LogP contribution is -2.41. The number of rotatable bonds is 3. The van der Waals surface area contributed by atoms with Crippen LogP contribution in [0.3, 0.4) is 0 Å². The van der Waals surface area contributed by atoms with Crippen molar-refractivity contribution < 1.29 is 9.15 Å². The van der Waals surface area contributed by atoms with Gasteiger partial charge in [0.2, 0.25) is 5.89 Å². The smallest absolute Gasteiger partial charge is 0.226 e. The standard InChI is InChI=1S/C20H22N4O2/c1-2-4-15(5-3-1)19-23-17(14-25-19)18-22-10-11-24(18)16-12-20(26-13-16)6-8-21-9-7-20/h1-5,10-11,14,16,21H,6-9,12-13H2. The quantitative estimate of drug-likeness (QED) is 0.785. The number of hydrogen-bond donors (Lipinski definition) is 1. The Morgan fingerprint density at radius 1 is 1.15 bits per heavy atom. The van der Waals surface area contributed by atoms with Crippen molar-refractivity contribution in [3.05, 3.63) is 49.0 Å². The minimum atomic E-state index is 0.0243. The molecule has 0 saturated carbocycles. The summed E-state index contributed by atoms with van der Waals surface area (Å²) < 4.78 is 14.1. The van der Waals surface area contributed by atoms with E-state index in [0.717, 1.165) is 56.0 Å². The fraction of sp³-hybridized carbons (Fsp3) is 0.400. The van der Waals surface area contributed by atoms with E-state index < -0.39 is 0 Å². The molecule has 3 aromatic rings. The fourth-order valence-corrected chi connectivity index (χ4v) is 4.13. The number of benzene rings is 1. The van der Waals surface area contributed by atoms with Gasteiger partial charge in [0.1, 0.15) is 12.0 Å². The number of nitrogens with zero attached hydrogens (tertiary/aromatic N) is 3. The molecule has 5 rings (SSSR count). The van der Waals surface area contributed by atoms with E-state index in [-0.39, 0.29) is 5.60 Å². The van der Waals surface area contributed by atoms with Crippen LogP contribution in [0.2, 0.25) is 0 Å². The summed E-state index contributed by atoms with van der Waals surface area (Å²) in [5, 5.41) is 3.42. The molecule has 0 radical (unpaired) electrons. The summed E-state index contributed by atoms with van der Waals surface area (Å²) >= 11 is 0. The van der Waals surface area contributed by atoms with E-state index in [1.807, 2.05) is 42.7 Å². The summed E-state index contributed by atoms with van der Waals surface area (Å²) in [7, 11) is 0. The second-order valence-corrected chi connectivity index (χ2v) is 7.16. The van der Waals surface area contributed by atoms with Gasteiger partial charge in [0.25, 0.3) is 0 Å². The van der Waals surface area contributed by atoms with Crippen molar-refractivity contribution >= 4 is 0 Å². The highest BCUT2D eigenvalue weighted by molar-refractivity contribution is 5.58. The monoisotopic (exact) mass is 350 g/mol. The number of imidazole rings is 1. The van der Waals surface area contributed by atoms with E-state index >= 15 is 0 Å². The Hall–Kier alpha value is -2.44.